The molecule has 28 heavy (non-hydrogen) atoms. The molecule has 2 nitrogen and oxygen atoms in total. The smallest absolute Gasteiger partial charge is 0.261 e. The van der Waals surface area contributed by atoms with Crippen molar-refractivity contribution in [1.82, 2.24) is 0 Å². The minimum absolute atomic E-state index is 0.116. The Hall–Kier alpha value is -1.78. The molecule has 0 aliphatic carbocycles. The van der Waals surface area contributed by atoms with Crippen LogP contribution in [0, 0.1) is 0 Å². The summed E-state index contributed by atoms with van der Waals surface area (Å²) in [4.78, 5) is 0. The second-order valence-corrected chi connectivity index (χ2v) is 13.0. The summed E-state index contributed by atoms with van der Waals surface area (Å²) >= 11 is 12.9. The highest BCUT2D eigenvalue weighted by Gasteiger charge is 2.50. The second kappa shape index (κ2) is 8.30. The lowest BCUT2D eigenvalue weighted by molar-refractivity contribution is 0.286. The van der Waals surface area contributed by atoms with Crippen LogP contribution < -0.4 is 16.1 Å². The quantitative estimate of drug-likeness (QED) is 0.419. The average molecular weight is 430 g/mol. The molecule has 0 bridgehead atoms. The molecule has 0 unspecified atom stereocenters. The first-order valence-corrected chi connectivity index (χ1v) is 11.9. The Bertz CT molecular complexity index is 901. The molecule has 0 atom stereocenters. The van der Waals surface area contributed by atoms with Crippen molar-refractivity contribution in [3.05, 3.63) is 88.4 Å². The summed E-state index contributed by atoms with van der Waals surface area (Å²) in [6, 6.07) is 24.4. The highest BCUT2D eigenvalue weighted by atomic mass is 35.5. The number of rotatable bonds is 5. The topological polar surface area (TPSA) is 35.2 Å². The number of halogens is 2. The van der Waals surface area contributed by atoms with Gasteiger partial charge in [-0.25, -0.2) is 0 Å². The lowest BCUT2D eigenvalue weighted by Gasteiger charge is -2.43. The minimum atomic E-state index is -2.65. The number of anilines is 1. The summed E-state index contributed by atoms with van der Waals surface area (Å²) in [6.07, 6.45) is 0. The van der Waals surface area contributed by atoms with Gasteiger partial charge in [0.05, 0.1) is 17.3 Å². The normalized spacial score (nSPS) is 12.2. The number of benzene rings is 3. The maximum atomic E-state index is 6.88. The molecular weight excluding hydrogens is 405 g/mol. The van der Waals surface area contributed by atoms with E-state index in [0.717, 1.165) is 5.56 Å². The number of nitrogen functional groups attached to an aromatic ring is 1. The third-order valence-corrected chi connectivity index (χ3v) is 10.8. The fraction of sp³-hybridized carbons (Fsp3) is 0.217. The molecule has 0 aliphatic rings. The maximum absolute atomic E-state index is 6.88. The van der Waals surface area contributed by atoms with E-state index in [1.807, 2.05) is 12.1 Å². The van der Waals surface area contributed by atoms with Gasteiger partial charge in [0.2, 0.25) is 0 Å². The summed E-state index contributed by atoms with van der Waals surface area (Å²) in [5.41, 5.74) is 7.24. The minimum Gasteiger partial charge on any atom is -0.403 e. The number of hydrogen-bond acceptors (Lipinski definition) is 2. The molecular formula is C23H25Cl2NOSi. The second-order valence-electron chi connectivity index (χ2n) is 7.88. The van der Waals surface area contributed by atoms with E-state index in [1.165, 1.54) is 10.4 Å². The lowest BCUT2D eigenvalue weighted by atomic mass is 10.2. The molecule has 0 amide bonds. The van der Waals surface area contributed by atoms with Crippen molar-refractivity contribution in [1.29, 1.82) is 0 Å². The van der Waals surface area contributed by atoms with Gasteiger partial charge in [-0.1, -0.05) is 105 Å². The first-order valence-electron chi connectivity index (χ1n) is 9.25. The Balaban J connectivity index is 2.16. The van der Waals surface area contributed by atoms with E-state index in [1.54, 1.807) is 12.1 Å². The van der Waals surface area contributed by atoms with Gasteiger partial charge in [-0.15, -0.1) is 0 Å². The largest absolute Gasteiger partial charge is 0.403 e. The Morgan fingerprint density at radius 1 is 0.821 bits per heavy atom. The van der Waals surface area contributed by atoms with E-state index >= 15 is 0 Å². The predicted octanol–water partition coefficient (Wildman–Crippen LogP) is 5.65. The summed E-state index contributed by atoms with van der Waals surface area (Å²) in [5.74, 6) is 0. The van der Waals surface area contributed by atoms with E-state index in [-0.39, 0.29) is 5.04 Å². The Kier molecular flexibility index (Phi) is 6.21. The Labute approximate surface area is 178 Å². The van der Waals surface area contributed by atoms with E-state index in [4.69, 9.17) is 33.4 Å². The van der Waals surface area contributed by atoms with Crippen LogP contribution >= 0.6 is 23.2 Å². The van der Waals surface area contributed by atoms with E-state index in [9.17, 15) is 0 Å². The zero-order valence-corrected chi connectivity index (χ0v) is 18.9. The Morgan fingerprint density at radius 2 is 1.32 bits per heavy atom. The summed E-state index contributed by atoms with van der Waals surface area (Å²) in [5, 5.41) is 3.34. The molecule has 0 heterocycles. The fourth-order valence-corrected chi connectivity index (χ4v) is 8.69. The van der Waals surface area contributed by atoms with Crippen molar-refractivity contribution in [2.75, 3.05) is 5.73 Å². The monoisotopic (exact) mass is 429 g/mol. The molecule has 0 aliphatic heterocycles. The van der Waals surface area contributed by atoms with Gasteiger partial charge >= 0.3 is 0 Å². The molecule has 5 heteroatoms. The van der Waals surface area contributed by atoms with Gasteiger partial charge in [0.25, 0.3) is 8.32 Å². The molecule has 0 spiro atoms. The standard InChI is InChI=1S/C23H25Cl2NOSi/c1-23(2,3)28(17-10-6-4-7-11-17,18-12-8-5-9-13-18)27-16-19-20(24)14-15-21(26)22(19)25/h4-15H,16,26H2,1-3H3. The Morgan fingerprint density at radius 3 is 1.79 bits per heavy atom. The van der Waals surface area contributed by atoms with Gasteiger partial charge < -0.3 is 10.2 Å². The fourth-order valence-electron chi connectivity index (χ4n) is 3.69. The van der Waals surface area contributed by atoms with Gasteiger partial charge in [-0.3, -0.25) is 0 Å². The molecule has 0 aromatic heterocycles. The molecule has 0 fully saturated rings. The average Bonchev–Trinajstić information content (AvgIpc) is 2.68. The van der Waals surface area contributed by atoms with Gasteiger partial charge in [-0.2, -0.15) is 0 Å². The van der Waals surface area contributed by atoms with E-state index in [2.05, 4.69) is 69.3 Å². The van der Waals surface area contributed by atoms with Crippen LogP contribution in [0.3, 0.4) is 0 Å². The maximum Gasteiger partial charge on any atom is 0.261 e. The van der Waals surface area contributed by atoms with Crippen LogP contribution in [0.5, 0.6) is 0 Å². The molecule has 0 radical (unpaired) electrons. The lowest BCUT2D eigenvalue weighted by Crippen LogP contribution is -2.66. The van der Waals surface area contributed by atoms with Crippen LogP contribution in [0.2, 0.25) is 15.1 Å². The molecule has 0 saturated heterocycles. The molecule has 2 N–H and O–H groups in total. The van der Waals surface area contributed by atoms with E-state index in [0.29, 0.717) is 22.3 Å². The molecule has 3 rings (SSSR count). The highest BCUT2D eigenvalue weighted by molar-refractivity contribution is 6.99. The molecule has 0 saturated carbocycles. The first kappa shape index (κ1) is 20.9. The van der Waals surface area contributed by atoms with Crippen LogP contribution in [0.1, 0.15) is 26.3 Å². The number of hydrogen-bond donors (Lipinski definition) is 1. The van der Waals surface area contributed by atoms with Crippen LogP contribution in [-0.4, -0.2) is 8.32 Å². The van der Waals surface area contributed by atoms with Gasteiger partial charge in [0.1, 0.15) is 0 Å². The van der Waals surface area contributed by atoms with E-state index < -0.39 is 8.32 Å². The highest BCUT2D eigenvalue weighted by Crippen LogP contribution is 2.39. The zero-order valence-electron chi connectivity index (χ0n) is 16.4. The first-order chi connectivity index (χ1) is 13.3. The van der Waals surface area contributed by atoms with Crippen molar-refractivity contribution in [3.8, 4) is 0 Å². The van der Waals surface area contributed by atoms with Crippen molar-refractivity contribution >= 4 is 47.6 Å². The van der Waals surface area contributed by atoms with Crippen LogP contribution in [0.4, 0.5) is 5.69 Å². The van der Waals surface area contributed by atoms with Crippen molar-refractivity contribution in [2.45, 2.75) is 32.4 Å². The summed E-state index contributed by atoms with van der Waals surface area (Å²) < 4.78 is 6.88. The predicted molar refractivity (Wildman–Crippen MR) is 123 cm³/mol. The summed E-state index contributed by atoms with van der Waals surface area (Å²) in [6.45, 7) is 7.02. The van der Waals surface area contributed by atoms with Gasteiger partial charge in [-0.05, 0) is 27.5 Å². The van der Waals surface area contributed by atoms with Gasteiger partial charge in [0.15, 0.2) is 0 Å². The SMILES string of the molecule is CC(C)(C)[Si](OCc1c(Cl)ccc(N)c1Cl)(c1ccccc1)c1ccccc1. The van der Waals surface area contributed by atoms with Crippen LogP contribution in [0.15, 0.2) is 72.8 Å². The van der Waals surface area contributed by atoms with Crippen molar-refractivity contribution < 1.29 is 4.43 Å². The molecule has 3 aromatic carbocycles. The molecule has 146 valence electrons. The van der Waals surface area contributed by atoms with Crippen LogP contribution in [0.25, 0.3) is 0 Å². The van der Waals surface area contributed by atoms with Crippen molar-refractivity contribution in [2.24, 2.45) is 0 Å². The molecule has 3 aromatic rings. The van der Waals surface area contributed by atoms with Crippen molar-refractivity contribution in [3.63, 3.8) is 0 Å². The number of nitrogens with two attached hydrogens (primary N) is 1. The third-order valence-electron chi connectivity index (χ3n) is 5.07. The zero-order chi connectivity index (χ0) is 20.4. The summed E-state index contributed by atoms with van der Waals surface area (Å²) in [7, 11) is -2.65. The third kappa shape index (κ3) is 3.85. The van der Waals surface area contributed by atoms with Crippen LogP contribution in [-0.2, 0) is 11.0 Å². The van der Waals surface area contributed by atoms with Gasteiger partial charge in [0, 0.05) is 10.6 Å².